The van der Waals surface area contributed by atoms with Crippen molar-refractivity contribution in [3.63, 3.8) is 0 Å². The molecule has 0 saturated heterocycles. The summed E-state index contributed by atoms with van der Waals surface area (Å²) in [7, 11) is 0. The summed E-state index contributed by atoms with van der Waals surface area (Å²) in [4.78, 5) is 12.0. The highest BCUT2D eigenvalue weighted by Gasteiger charge is 2.17. The number of halogens is 1. The van der Waals surface area contributed by atoms with Crippen LogP contribution in [-0.4, -0.2) is 19.1 Å². The predicted molar refractivity (Wildman–Crippen MR) is 79.8 cm³/mol. The second-order valence-corrected chi connectivity index (χ2v) is 5.42. The van der Waals surface area contributed by atoms with Crippen molar-refractivity contribution in [2.45, 2.75) is 33.1 Å². The van der Waals surface area contributed by atoms with Crippen LogP contribution in [-0.2, 0) is 4.79 Å². The molecule has 2 rings (SSSR count). The van der Waals surface area contributed by atoms with Gasteiger partial charge in [0.15, 0.2) is 11.5 Å². The summed E-state index contributed by atoms with van der Waals surface area (Å²) in [6.45, 7) is 5.19. The maximum Gasteiger partial charge on any atom is 0.227 e. The summed E-state index contributed by atoms with van der Waals surface area (Å²) in [5.41, 5.74) is 0.573. The lowest BCUT2D eigenvalue weighted by Crippen LogP contribution is -2.20. The lowest BCUT2D eigenvalue weighted by Gasteiger charge is -2.15. The Morgan fingerprint density at radius 1 is 1.35 bits per heavy atom. The summed E-state index contributed by atoms with van der Waals surface area (Å²) in [6, 6.07) is 3.43. The van der Waals surface area contributed by atoms with E-state index in [-0.39, 0.29) is 11.8 Å². The van der Waals surface area contributed by atoms with Crippen molar-refractivity contribution in [3.8, 4) is 11.5 Å². The van der Waals surface area contributed by atoms with Crippen LogP contribution in [0.2, 0.25) is 5.02 Å². The topological polar surface area (TPSA) is 47.6 Å². The van der Waals surface area contributed by atoms with Crippen molar-refractivity contribution >= 4 is 23.2 Å². The molecule has 5 heteroatoms. The van der Waals surface area contributed by atoms with Gasteiger partial charge < -0.3 is 14.8 Å². The number of ether oxygens (including phenoxy) is 2. The number of amides is 1. The van der Waals surface area contributed by atoms with Gasteiger partial charge in [0.25, 0.3) is 0 Å². The van der Waals surface area contributed by atoms with E-state index < -0.39 is 0 Å². The van der Waals surface area contributed by atoms with Gasteiger partial charge in [-0.25, -0.2) is 0 Å². The maximum absolute atomic E-state index is 12.0. The van der Waals surface area contributed by atoms with E-state index in [2.05, 4.69) is 12.2 Å². The van der Waals surface area contributed by atoms with Gasteiger partial charge in [-0.2, -0.15) is 0 Å². The average molecular weight is 298 g/mol. The van der Waals surface area contributed by atoms with Gasteiger partial charge in [-0.3, -0.25) is 4.79 Å². The van der Waals surface area contributed by atoms with Gasteiger partial charge in [0.1, 0.15) is 0 Å². The second kappa shape index (κ2) is 6.84. The third-order valence-corrected chi connectivity index (χ3v) is 3.58. The Morgan fingerprint density at radius 3 is 2.65 bits per heavy atom. The molecule has 1 aromatic rings. The Labute approximate surface area is 124 Å². The van der Waals surface area contributed by atoms with Crippen molar-refractivity contribution in [3.05, 3.63) is 17.2 Å². The van der Waals surface area contributed by atoms with Crippen molar-refractivity contribution in [2.75, 3.05) is 18.5 Å². The molecule has 0 spiro atoms. The Hall–Kier alpha value is -1.42. The zero-order chi connectivity index (χ0) is 14.5. The van der Waals surface area contributed by atoms with Crippen LogP contribution >= 0.6 is 11.6 Å². The number of benzene rings is 1. The number of rotatable bonds is 4. The Bertz CT molecular complexity index is 490. The SMILES string of the molecule is CCCC(C)C(=O)Nc1cc2c(cc1Cl)OCCCO2. The third kappa shape index (κ3) is 3.57. The molecule has 4 nitrogen and oxygen atoms in total. The zero-order valence-electron chi connectivity index (χ0n) is 11.9. The van der Waals surface area contributed by atoms with E-state index in [1.54, 1.807) is 12.1 Å². The molecule has 0 aromatic heterocycles. The van der Waals surface area contributed by atoms with Crippen LogP contribution in [0.25, 0.3) is 0 Å². The van der Waals surface area contributed by atoms with Crippen LogP contribution in [0.5, 0.6) is 11.5 Å². The standard InChI is InChI=1S/C15H20ClNO3/c1-3-5-10(2)15(18)17-12-9-14-13(8-11(12)16)19-6-4-7-20-14/h8-10H,3-7H2,1-2H3,(H,17,18). The van der Waals surface area contributed by atoms with Crippen LogP contribution in [0.4, 0.5) is 5.69 Å². The first-order chi connectivity index (χ1) is 9.61. The highest BCUT2D eigenvalue weighted by atomic mass is 35.5. The number of fused-ring (bicyclic) bond motifs is 1. The summed E-state index contributed by atoms with van der Waals surface area (Å²) >= 11 is 6.19. The van der Waals surface area contributed by atoms with E-state index in [4.69, 9.17) is 21.1 Å². The van der Waals surface area contributed by atoms with Crippen LogP contribution < -0.4 is 14.8 Å². The largest absolute Gasteiger partial charge is 0.490 e. The van der Waals surface area contributed by atoms with E-state index in [9.17, 15) is 4.79 Å². The quantitative estimate of drug-likeness (QED) is 0.917. The Kier molecular flexibility index (Phi) is 5.12. The second-order valence-electron chi connectivity index (χ2n) is 5.01. The molecule has 1 aliphatic rings. The van der Waals surface area contributed by atoms with Crippen LogP contribution in [0.3, 0.4) is 0 Å². The average Bonchev–Trinajstić information content (AvgIpc) is 2.64. The predicted octanol–water partition coefficient (Wildman–Crippen LogP) is 3.88. The molecule has 0 saturated carbocycles. The molecule has 110 valence electrons. The molecular formula is C15H20ClNO3. The molecule has 1 atom stereocenters. The van der Waals surface area contributed by atoms with Gasteiger partial charge in [0.2, 0.25) is 5.91 Å². The first-order valence-corrected chi connectivity index (χ1v) is 7.39. The number of anilines is 1. The number of nitrogens with one attached hydrogen (secondary N) is 1. The molecule has 20 heavy (non-hydrogen) atoms. The molecule has 0 bridgehead atoms. The van der Waals surface area contributed by atoms with Gasteiger partial charge in [0, 0.05) is 24.5 Å². The first kappa shape index (κ1) is 15.0. The molecule has 0 aliphatic carbocycles. The highest BCUT2D eigenvalue weighted by molar-refractivity contribution is 6.34. The van der Waals surface area contributed by atoms with Crippen LogP contribution in [0, 0.1) is 5.92 Å². The van der Waals surface area contributed by atoms with Gasteiger partial charge in [-0.1, -0.05) is 31.9 Å². The fraction of sp³-hybridized carbons (Fsp3) is 0.533. The minimum absolute atomic E-state index is 0.0248. The van der Waals surface area contributed by atoms with Crippen molar-refractivity contribution in [2.24, 2.45) is 5.92 Å². The van der Waals surface area contributed by atoms with E-state index in [0.717, 1.165) is 19.3 Å². The summed E-state index contributed by atoms with van der Waals surface area (Å²) in [6.07, 6.45) is 2.67. The molecule has 1 amide bonds. The van der Waals surface area contributed by atoms with E-state index in [0.29, 0.717) is 35.4 Å². The highest BCUT2D eigenvalue weighted by Crippen LogP contribution is 2.37. The molecule has 1 heterocycles. The molecule has 1 aliphatic heterocycles. The monoisotopic (exact) mass is 297 g/mol. The summed E-state index contributed by atoms with van der Waals surface area (Å²) in [5.74, 6) is 1.20. The van der Waals surface area contributed by atoms with E-state index in [1.807, 2.05) is 6.92 Å². The first-order valence-electron chi connectivity index (χ1n) is 7.01. The minimum atomic E-state index is -0.0351. The van der Waals surface area contributed by atoms with Gasteiger partial charge in [-0.05, 0) is 6.42 Å². The Balaban J connectivity index is 2.16. The van der Waals surface area contributed by atoms with E-state index in [1.165, 1.54) is 0 Å². The number of carbonyl (C=O) groups is 1. The zero-order valence-corrected chi connectivity index (χ0v) is 12.6. The molecule has 1 unspecified atom stereocenters. The normalized spacial score (nSPS) is 15.3. The molecular weight excluding hydrogens is 278 g/mol. The van der Waals surface area contributed by atoms with Gasteiger partial charge in [-0.15, -0.1) is 0 Å². The third-order valence-electron chi connectivity index (χ3n) is 3.26. The summed E-state index contributed by atoms with van der Waals surface area (Å²) < 4.78 is 11.2. The Morgan fingerprint density at radius 2 is 2.00 bits per heavy atom. The van der Waals surface area contributed by atoms with Crippen molar-refractivity contribution in [1.29, 1.82) is 0 Å². The number of hydrogen-bond donors (Lipinski definition) is 1. The van der Waals surface area contributed by atoms with Gasteiger partial charge >= 0.3 is 0 Å². The summed E-state index contributed by atoms with van der Waals surface area (Å²) in [5, 5.41) is 3.32. The minimum Gasteiger partial charge on any atom is -0.490 e. The molecule has 0 fully saturated rings. The van der Waals surface area contributed by atoms with Crippen LogP contribution in [0.15, 0.2) is 12.1 Å². The van der Waals surface area contributed by atoms with Gasteiger partial charge in [0.05, 0.1) is 23.9 Å². The maximum atomic E-state index is 12.0. The fourth-order valence-corrected chi connectivity index (χ4v) is 2.30. The lowest BCUT2D eigenvalue weighted by molar-refractivity contribution is -0.119. The molecule has 0 radical (unpaired) electrons. The smallest absolute Gasteiger partial charge is 0.227 e. The number of hydrogen-bond acceptors (Lipinski definition) is 3. The van der Waals surface area contributed by atoms with Crippen molar-refractivity contribution in [1.82, 2.24) is 0 Å². The molecule has 1 N–H and O–H groups in total. The van der Waals surface area contributed by atoms with Crippen molar-refractivity contribution < 1.29 is 14.3 Å². The lowest BCUT2D eigenvalue weighted by atomic mass is 10.1. The van der Waals surface area contributed by atoms with Crippen LogP contribution in [0.1, 0.15) is 33.1 Å². The molecule has 1 aromatic carbocycles. The fourth-order valence-electron chi connectivity index (χ4n) is 2.10. The number of carbonyl (C=O) groups excluding carboxylic acids is 1. The van der Waals surface area contributed by atoms with E-state index >= 15 is 0 Å².